The van der Waals surface area contributed by atoms with Gasteiger partial charge in [0.1, 0.15) is 5.82 Å². The van der Waals surface area contributed by atoms with Crippen LogP contribution in [0.3, 0.4) is 0 Å². The molecule has 0 aliphatic carbocycles. The lowest BCUT2D eigenvalue weighted by Gasteiger charge is -2.33. The number of nitrogens with two attached hydrogens (primary N) is 1. The van der Waals surface area contributed by atoms with Gasteiger partial charge in [0.2, 0.25) is 0 Å². The first-order valence-electron chi connectivity index (χ1n) is 6.72. The van der Waals surface area contributed by atoms with Gasteiger partial charge in [-0.15, -0.1) is 12.4 Å². The van der Waals surface area contributed by atoms with Crippen LogP contribution in [0, 0.1) is 5.82 Å². The fourth-order valence-corrected chi connectivity index (χ4v) is 4.02. The van der Waals surface area contributed by atoms with Crippen molar-refractivity contribution in [3.05, 3.63) is 34.6 Å². The van der Waals surface area contributed by atoms with Gasteiger partial charge in [-0.25, -0.2) is 4.39 Å². The summed E-state index contributed by atoms with van der Waals surface area (Å²) in [5.41, 5.74) is 5.99. The molecule has 0 amide bonds. The van der Waals surface area contributed by atoms with Gasteiger partial charge in [-0.05, 0) is 25.0 Å². The molecular weight excluding hydrogens is 352 g/mol. The minimum absolute atomic E-state index is 0. The van der Waals surface area contributed by atoms with Crippen LogP contribution in [-0.4, -0.2) is 43.2 Å². The van der Waals surface area contributed by atoms with Crippen molar-refractivity contribution in [2.45, 2.75) is 25.4 Å². The van der Waals surface area contributed by atoms with E-state index in [9.17, 15) is 12.8 Å². The highest BCUT2D eigenvalue weighted by molar-refractivity contribution is 7.86. The third-order valence-electron chi connectivity index (χ3n) is 3.58. The Labute approximate surface area is 141 Å². The minimum atomic E-state index is -3.67. The molecule has 2 rings (SSSR count). The van der Waals surface area contributed by atoms with Crippen molar-refractivity contribution < 1.29 is 12.8 Å². The van der Waals surface area contributed by atoms with Crippen molar-refractivity contribution in [2.24, 2.45) is 5.73 Å². The maximum absolute atomic E-state index is 13.8. The number of rotatable bonds is 4. The predicted molar refractivity (Wildman–Crippen MR) is 87.8 cm³/mol. The van der Waals surface area contributed by atoms with Crippen molar-refractivity contribution in [1.82, 2.24) is 8.61 Å². The molecule has 5 nitrogen and oxygen atoms in total. The first-order valence-corrected chi connectivity index (χ1v) is 8.49. The summed E-state index contributed by atoms with van der Waals surface area (Å²) < 4.78 is 41.2. The van der Waals surface area contributed by atoms with Crippen LogP contribution in [0.2, 0.25) is 5.02 Å². The van der Waals surface area contributed by atoms with Crippen molar-refractivity contribution in [1.29, 1.82) is 0 Å². The van der Waals surface area contributed by atoms with Crippen LogP contribution in [0.4, 0.5) is 4.39 Å². The zero-order valence-electron chi connectivity index (χ0n) is 12.2. The van der Waals surface area contributed by atoms with Crippen LogP contribution in [0.5, 0.6) is 0 Å². The van der Waals surface area contributed by atoms with Gasteiger partial charge in [0.25, 0.3) is 10.2 Å². The summed E-state index contributed by atoms with van der Waals surface area (Å²) in [5.74, 6) is -0.514. The van der Waals surface area contributed by atoms with Gasteiger partial charge in [0.15, 0.2) is 0 Å². The number of hydrogen-bond acceptors (Lipinski definition) is 3. The molecule has 1 fully saturated rings. The Kier molecular flexibility index (Phi) is 7.04. The molecule has 22 heavy (non-hydrogen) atoms. The molecule has 1 aliphatic rings. The zero-order chi connectivity index (χ0) is 15.6. The SMILES string of the molecule is CN(Cc1c(F)cccc1Cl)S(=O)(=O)N1CCC[C@@H](N)C1.Cl. The molecule has 1 atom stereocenters. The largest absolute Gasteiger partial charge is 0.327 e. The van der Waals surface area contributed by atoms with Crippen molar-refractivity contribution in [3.8, 4) is 0 Å². The summed E-state index contributed by atoms with van der Waals surface area (Å²) in [7, 11) is -2.25. The molecule has 0 bridgehead atoms. The summed E-state index contributed by atoms with van der Waals surface area (Å²) in [6.45, 7) is 0.614. The third-order valence-corrected chi connectivity index (χ3v) is 5.84. The van der Waals surface area contributed by atoms with E-state index in [4.69, 9.17) is 17.3 Å². The monoisotopic (exact) mass is 371 g/mol. The van der Waals surface area contributed by atoms with Crippen LogP contribution >= 0.6 is 24.0 Å². The van der Waals surface area contributed by atoms with Gasteiger partial charge in [-0.3, -0.25) is 0 Å². The fraction of sp³-hybridized carbons (Fsp3) is 0.538. The maximum Gasteiger partial charge on any atom is 0.282 e. The van der Waals surface area contributed by atoms with Gasteiger partial charge >= 0.3 is 0 Å². The van der Waals surface area contributed by atoms with Crippen LogP contribution in [-0.2, 0) is 16.8 Å². The highest BCUT2D eigenvalue weighted by Crippen LogP contribution is 2.23. The molecule has 1 saturated heterocycles. The molecular formula is C13H20Cl2FN3O2S. The quantitative estimate of drug-likeness (QED) is 0.879. The van der Waals surface area contributed by atoms with Crippen LogP contribution in [0.25, 0.3) is 0 Å². The Balaban J connectivity index is 0.00000242. The average Bonchev–Trinajstić information content (AvgIpc) is 2.42. The Morgan fingerprint density at radius 3 is 2.77 bits per heavy atom. The van der Waals surface area contributed by atoms with Crippen LogP contribution < -0.4 is 5.73 Å². The number of halogens is 3. The summed E-state index contributed by atoms with van der Waals surface area (Å²) in [6, 6.07) is 4.13. The first kappa shape index (κ1) is 19.6. The Bertz CT molecular complexity index is 595. The molecule has 1 aromatic rings. The molecule has 1 aromatic carbocycles. The summed E-state index contributed by atoms with van der Waals surface area (Å²) >= 11 is 5.94. The van der Waals surface area contributed by atoms with Gasteiger partial charge < -0.3 is 5.73 Å². The van der Waals surface area contributed by atoms with Crippen molar-refractivity contribution >= 4 is 34.2 Å². The van der Waals surface area contributed by atoms with E-state index in [1.54, 1.807) is 0 Å². The Hall–Kier alpha value is -0.440. The minimum Gasteiger partial charge on any atom is -0.327 e. The van der Waals surface area contributed by atoms with E-state index in [1.807, 2.05) is 0 Å². The number of nitrogens with zero attached hydrogens (tertiary/aromatic N) is 2. The topological polar surface area (TPSA) is 66.6 Å². The van der Waals surface area contributed by atoms with Gasteiger partial charge in [-0.2, -0.15) is 17.0 Å². The average molecular weight is 372 g/mol. The van der Waals surface area contributed by atoms with Gasteiger partial charge in [0, 0.05) is 43.3 Å². The molecule has 2 N–H and O–H groups in total. The van der Waals surface area contributed by atoms with E-state index in [2.05, 4.69) is 0 Å². The summed E-state index contributed by atoms with van der Waals surface area (Å²) in [4.78, 5) is 0. The van der Waals surface area contributed by atoms with E-state index in [1.165, 1.54) is 29.6 Å². The lowest BCUT2D eigenvalue weighted by atomic mass is 10.1. The molecule has 9 heteroatoms. The van der Waals surface area contributed by atoms with Crippen molar-refractivity contribution in [3.63, 3.8) is 0 Å². The van der Waals surface area contributed by atoms with Crippen molar-refractivity contribution in [2.75, 3.05) is 20.1 Å². The summed E-state index contributed by atoms with van der Waals surface area (Å²) in [5, 5.41) is 0.215. The maximum atomic E-state index is 13.8. The first-order chi connectivity index (χ1) is 9.82. The highest BCUT2D eigenvalue weighted by Gasteiger charge is 2.31. The normalized spacial score (nSPS) is 20.0. The second-order valence-corrected chi connectivity index (χ2v) is 7.67. The lowest BCUT2D eigenvalue weighted by Crippen LogP contribution is -2.50. The molecule has 0 unspecified atom stereocenters. The molecule has 0 spiro atoms. The van der Waals surface area contributed by atoms with E-state index >= 15 is 0 Å². The molecule has 0 aromatic heterocycles. The molecule has 0 saturated carbocycles. The summed E-state index contributed by atoms with van der Waals surface area (Å²) in [6.07, 6.45) is 1.55. The fourth-order valence-electron chi connectivity index (χ4n) is 2.37. The van der Waals surface area contributed by atoms with E-state index in [0.717, 1.165) is 17.1 Å². The van der Waals surface area contributed by atoms with E-state index in [-0.39, 0.29) is 42.1 Å². The van der Waals surface area contributed by atoms with Gasteiger partial charge in [-0.1, -0.05) is 17.7 Å². The Morgan fingerprint density at radius 2 is 2.18 bits per heavy atom. The van der Waals surface area contributed by atoms with Gasteiger partial charge in [0.05, 0.1) is 0 Å². The van der Waals surface area contributed by atoms with Crippen LogP contribution in [0.15, 0.2) is 18.2 Å². The van der Waals surface area contributed by atoms with E-state index < -0.39 is 16.0 Å². The Morgan fingerprint density at radius 1 is 1.50 bits per heavy atom. The number of hydrogen-bond donors (Lipinski definition) is 1. The molecule has 1 heterocycles. The molecule has 126 valence electrons. The van der Waals surface area contributed by atoms with E-state index in [0.29, 0.717) is 6.54 Å². The number of benzene rings is 1. The standard InChI is InChI=1S/C13H19ClFN3O2S.ClH/c1-17(9-11-12(14)5-2-6-13(11)15)21(19,20)18-7-3-4-10(16)8-18;/h2,5-6,10H,3-4,7-9,16H2,1H3;1H/t10-;/m1./s1. The second kappa shape index (κ2) is 7.90. The molecule has 0 radical (unpaired) electrons. The smallest absolute Gasteiger partial charge is 0.282 e. The predicted octanol–water partition coefficient (Wildman–Crippen LogP) is 2.00. The zero-order valence-corrected chi connectivity index (χ0v) is 14.6. The number of piperidine rings is 1. The molecule has 1 aliphatic heterocycles. The third kappa shape index (κ3) is 4.31. The van der Waals surface area contributed by atoms with Crippen LogP contribution in [0.1, 0.15) is 18.4 Å². The lowest BCUT2D eigenvalue weighted by molar-refractivity contribution is 0.291. The second-order valence-electron chi connectivity index (χ2n) is 5.22. The highest BCUT2D eigenvalue weighted by atomic mass is 35.5.